The molecule has 2 rings (SSSR count). The van der Waals surface area contributed by atoms with E-state index in [1.807, 2.05) is 6.07 Å². The summed E-state index contributed by atoms with van der Waals surface area (Å²) >= 11 is 0. The molecule has 7 heteroatoms. The van der Waals surface area contributed by atoms with Gasteiger partial charge in [-0.15, -0.1) is 0 Å². The monoisotopic (exact) mass is 275 g/mol. The number of nitrogen functional groups attached to an aromatic ring is 1. The number of amides is 1. The Labute approximate surface area is 116 Å². The van der Waals surface area contributed by atoms with Gasteiger partial charge in [-0.3, -0.25) is 4.79 Å². The predicted octanol–water partition coefficient (Wildman–Crippen LogP) is 0.387. The van der Waals surface area contributed by atoms with Crippen LogP contribution in [0.25, 0.3) is 10.9 Å². The molecule has 0 fully saturated rings. The number of fused-ring (bicyclic) bond motifs is 1. The maximum atomic E-state index is 11.6. The SMILES string of the molecule is COCCNC(=O)CNc1ncnc2ccc(N)cc12. The van der Waals surface area contributed by atoms with Crippen LogP contribution < -0.4 is 16.4 Å². The molecule has 0 radical (unpaired) electrons. The fraction of sp³-hybridized carbons (Fsp3) is 0.308. The lowest BCUT2D eigenvalue weighted by molar-refractivity contribution is -0.119. The number of nitrogens with one attached hydrogen (secondary N) is 2. The standard InChI is InChI=1S/C13H17N5O2/c1-20-5-4-15-12(19)7-16-13-10-6-9(14)2-3-11(10)17-8-18-13/h2-3,6,8H,4-5,7,14H2,1H3,(H,15,19)(H,16,17,18). The number of nitrogens with two attached hydrogens (primary N) is 1. The van der Waals surface area contributed by atoms with Gasteiger partial charge in [0.25, 0.3) is 0 Å². The molecule has 0 aliphatic rings. The minimum Gasteiger partial charge on any atom is -0.399 e. The Kier molecular flexibility index (Phi) is 4.67. The Hall–Kier alpha value is -2.41. The highest BCUT2D eigenvalue weighted by atomic mass is 16.5. The first-order valence-corrected chi connectivity index (χ1v) is 6.20. The molecule has 0 saturated carbocycles. The van der Waals surface area contributed by atoms with Crippen LogP contribution in [-0.2, 0) is 9.53 Å². The molecule has 0 spiro atoms. The van der Waals surface area contributed by atoms with Crippen molar-refractivity contribution in [1.82, 2.24) is 15.3 Å². The van der Waals surface area contributed by atoms with Gasteiger partial charge in [-0.2, -0.15) is 0 Å². The molecule has 1 aromatic heterocycles. The lowest BCUT2D eigenvalue weighted by atomic mass is 10.2. The molecule has 20 heavy (non-hydrogen) atoms. The number of hydrogen-bond donors (Lipinski definition) is 3. The molecule has 0 aliphatic heterocycles. The first-order chi connectivity index (χ1) is 9.70. The van der Waals surface area contributed by atoms with E-state index in [1.54, 1.807) is 19.2 Å². The normalized spacial score (nSPS) is 10.4. The number of nitrogens with zero attached hydrogens (tertiary/aromatic N) is 2. The van der Waals surface area contributed by atoms with Crippen molar-refractivity contribution in [3.8, 4) is 0 Å². The highest BCUT2D eigenvalue weighted by Gasteiger charge is 2.06. The third kappa shape index (κ3) is 3.55. The van der Waals surface area contributed by atoms with Crippen molar-refractivity contribution in [2.24, 2.45) is 0 Å². The average molecular weight is 275 g/mol. The zero-order chi connectivity index (χ0) is 14.4. The summed E-state index contributed by atoms with van der Waals surface area (Å²) in [6.45, 7) is 1.10. The molecular weight excluding hydrogens is 258 g/mol. The smallest absolute Gasteiger partial charge is 0.239 e. The van der Waals surface area contributed by atoms with E-state index in [0.29, 0.717) is 24.7 Å². The van der Waals surface area contributed by atoms with Crippen molar-refractivity contribution in [2.75, 3.05) is 37.9 Å². The third-order valence-electron chi connectivity index (χ3n) is 2.70. The first-order valence-electron chi connectivity index (χ1n) is 6.20. The van der Waals surface area contributed by atoms with Crippen LogP contribution in [0.3, 0.4) is 0 Å². The molecule has 106 valence electrons. The van der Waals surface area contributed by atoms with Crippen molar-refractivity contribution in [2.45, 2.75) is 0 Å². The van der Waals surface area contributed by atoms with Gasteiger partial charge in [-0.25, -0.2) is 9.97 Å². The molecule has 1 heterocycles. The van der Waals surface area contributed by atoms with Gasteiger partial charge in [0.15, 0.2) is 0 Å². The van der Waals surface area contributed by atoms with Gasteiger partial charge in [0, 0.05) is 24.7 Å². The Balaban J connectivity index is 2.02. The molecule has 1 aromatic carbocycles. The number of aromatic nitrogens is 2. The third-order valence-corrected chi connectivity index (χ3v) is 2.70. The molecular formula is C13H17N5O2. The van der Waals surface area contributed by atoms with Crippen LogP contribution in [-0.4, -0.2) is 42.7 Å². The fourth-order valence-electron chi connectivity index (χ4n) is 1.73. The van der Waals surface area contributed by atoms with Gasteiger partial charge < -0.3 is 21.1 Å². The van der Waals surface area contributed by atoms with Gasteiger partial charge in [-0.05, 0) is 18.2 Å². The molecule has 0 saturated heterocycles. The Morgan fingerprint density at radius 3 is 3.05 bits per heavy atom. The van der Waals surface area contributed by atoms with E-state index in [9.17, 15) is 4.79 Å². The van der Waals surface area contributed by atoms with E-state index in [-0.39, 0.29) is 12.5 Å². The summed E-state index contributed by atoms with van der Waals surface area (Å²) in [5, 5.41) is 6.49. The number of ether oxygens (including phenoxy) is 1. The Bertz CT molecular complexity index is 602. The van der Waals surface area contributed by atoms with Crippen molar-refractivity contribution in [3.05, 3.63) is 24.5 Å². The van der Waals surface area contributed by atoms with Crippen LogP contribution in [0.2, 0.25) is 0 Å². The molecule has 0 aliphatic carbocycles. The van der Waals surface area contributed by atoms with Crippen LogP contribution >= 0.6 is 0 Å². The summed E-state index contributed by atoms with van der Waals surface area (Å²) in [7, 11) is 1.59. The van der Waals surface area contributed by atoms with Crippen molar-refractivity contribution in [3.63, 3.8) is 0 Å². The van der Waals surface area contributed by atoms with E-state index in [1.165, 1.54) is 6.33 Å². The van der Waals surface area contributed by atoms with Gasteiger partial charge in [0.05, 0.1) is 18.7 Å². The summed E-state index contributed by atoms with van der Waals surface area (Å²) in [4.78, 5) is 19.9. The number of hydrogen-bond acceptors (Lipinski definition) is 6. The number of carbonyl (C=O) groups is 1. The number of methoxy groups -OCH3 is 1. The van der Waals surface area contributed by atoms with E-state index < -0.39 is 0 Å². The zero-order valence-electron chi connectivity index (χ0n) is 11.2. The summed E-state index contributed by atoms with van der Waals surface area (Å²) in [5.74, 6) is 0.460. The predicted molar refractivity (Wildman–Crippen MR) is 77.3 cm³/mol. The summed E-state index contributed by atoms with van der Waals surface area (Å²) in [6.07, 6.45) is 1.45. The van der Waals surface area contributed by atoms with Crippen LogP contribution in [0.15, 0.2) is 24.5 Å². The molecule has 1 amide bonds. The van der Waals surface area contributed by atoms with E-state index >= 15 is 0 Å². The second-order valence-corrected chi connectivity index (χ2v) is 4.20. The molecule has 0 atom stereocenters. The molecule has 0 unspecified atom stereocenters. The van der Waals surface area contributed by atoms with Crippen LogP contribution in [0.5, 0.6) is 0 Å². The first kappa shape index (κ1) is 14.0. The second kappa shape index (κ2) is 6.67. The number of anilines is 2. The lowest BCUT2D eigenvalue weighted by Gasteiger charge is -2.09. The molecule has 0 bridgehead atoms. The van der Waals surface area contributed by atoms with Crippen molar-refractivity contribution >= 4 is 28.3 Å². The highest BCUT2D eigenvalue weighted by molar-refractivity contribution is 5.92. The topological polar surface area (TPSA) is 102 Å². The quantitative estimate of drug-likeness (QED) is 0.520. The number of carbonyl (C=O) groups excluding carboxylic acids is 1. The summed E-state index contributed by atoms with van der Waals surface area (Å²) in [5.41, 5.74) is 7.15. The second-order valence-electron chi connectivity index (χ2n) is 4.20. The minimum absolute atomic E-state index is 0.127. The largest absolute Gasteiger partial charge is 0.399 e. The van der Waals surface area contributed by atoms with E-state index in [0.717, 1.165) is 10.9 Å². The molecule has 4 N–H and O–H groups in total. The van der Waals surface area contributed by atoms with Crippen molar-refractivity contribution < 1.29 is 9.53 Å². The van der Waals surface area contributed by atoms with Crippen molar-refractivity contribution in [1.29, 1.82) is 0 Å². The number of benzene rings is 1. The Morgan fingerprint density at radius 2 is 2.25 bits per heavy atom. The average Bonchev–Trinajstić information content (AvgIpc) is 2.45. The van der Waals surface area contributed by atoms with Crippen LogP contribution in [0.4, 0.5) is 11.5 Å². The van der Waals surface area contributed by atoms with Gasteiger partial charge in [0.2, 0.25) is 5.91 Å². The fourth-order valence-corrected chi connectivity index (χ4v) is 1.73. The van der Waals surface area contributed by atoms with Gasteiger partial charge in [0.1, 0.15) is 12.1 Å². The molecule has 7 nitrogen and oxygen atoms in total. The van der Waals surface area contributed by atoms with E-state index in [2.05, 4.69) is 20.6 Å². The summed E-state index contributed by atoms with van der Waals surface area (Å²) < 4.78 is 4.86. The van der Waals surface area contributed by atoms with Crippen LogP contribution in [0.1, 0.15) is 0 Å². The maximum Gasteiger partial charge on any atom is 0.239 e. The number of rotatable bonds is 6. The van der Waals surface area contributed by atoms with Gasteiger partial charge in [-0.1, -0.05) is 0 Å². The van der Waals surface area contributed by atoms with Gasteiger partial charge >= 0.3 is 0 Å². The molecule has 2 aromatic rings. The minimum atomic E-state index is -0.127. The highest BCUT2D eigenvalue weighted by Crippen LogP contribution is 2.21. The summed E-state index contributed by atoms with van der Waals surface area (Å²) in [6, 6.07) is 5.37. The lowest BCUT2D eigenvalue weighted by Crippen LogP contribution is -2.32. The Morgan fingerprint density at radius 1 is 1.40 bits per heavy atom. The van der Waals surface area contributed by atoms with Crippen LogP contribution in [0, 0.1) is 0 Å². The zero-order valence-corrected chi connectivity index (χ0v) is 11.2. The maximum absolute atomic E-state index is 11.6. The van der Waals surface area contributed by atoms with E-state index in [4.69, 9.17) is 10.5 Å².